The van der Waals surface area contributed by atoms with Gasteiger partial charge in [-0.3, -0.25) is 13.9 Å². The van der Waals surface area contributed by atoms with E-state index in [1.807, 2.05) is 13.2 Å². The lowest BCUT2D eigenvalue weighted by Gasteiger charge is -2.37. The van der Waals surface area contributed by atoms with E-state index in [0.717, 1.165) is 5.56 Å². The van der Waals surface area contributed by atoms with Crippen LogP contribution in [-0.4, -0.2) is 41.5 Å². The van der Waals surface area contributed by atoms with Crippen molar-refractivity contribution in [2.75, 3.05) is 0 Å². The van der Waals surface area contributed by atoms with Crippen LogP contribution in [0.4, 0.5) is 0 Å². The first-order chi connectivity index (χ1) is 11.6. The zero-order valence-corrected chi connectivity index (χ0v) is 13.2. The van der Waals surface area contributed by atoms with Crippen LogP contribution in [0.15, 0.2) is 37.1 Å². The highest BCUT2D eigenvalue weighted by Crippen LogP contribution is 2.38. The summed E-state index contributed by atoms with van der Waals surface area (Å²) in [6.45, 7) is 0. The van der Waals surface area contributed by atoms with E-state index >= 15 is 0 Å². The van der Waals surface area contributed by atoms with Gasteiger partial charge in [0.05, 0.1) is 23.9 Å². The quantitative estimate of drug-likeness (QED) is 0.736. The molecular formula is C16H18N6O2. The maximum atomic E-state index is 12.8. The van der Waals surface area contributed by atoms with Gasteiger partial charge in [0.2, 0.25) is 0 Å². The van der Waals surface area contributed by atoms with Crippen LogP contribution in [0.2, 0.25) is 0 Å². The highest BCUT2D eigenvalue weighted by Gasteiger charge is 2.36. The minimum atomic E-state index is -0.286. The molecule has 0 aliphatic heterocycles. The van der Waals surface area contributed by atoms with E-state index < -0.39 is 0 Å². The number of pyridine rings is 1. The second-order valence-corrected chi connectivity index (χ2v) is 6.27. The molecule has 2 N–H and O–H groups in total. The third kappa shape index (κ3) is 2.54. The Morgan fingerprint density at radius 2 is 2.29 bits per heavy atom. The van der Waals surface area contributed by atoms with Gasteiger partial charge in [-0.2, -0.15) is 5.10 Å². The van der Waals surface area contributed by atoms with Gasteiger partial charge in [0.1, 0.15) is 6.33 Å². The summed E-state index contributed by atoms with van der Waals surface area (Å²) < 4.78 is 3.42. The molecule has 4 rings (SSSR count). The van der Waals surface area contributed by atoms with E-state index in [2.05, 4.69) is 20.6 Å². The molecule has 0 aromatic carbocycles. The molecule has 1 saturated carbocycles. The molecular weight excluding hydrogens is 308 g/mol. The first-order valence-electron chi connectivity index (χ1n) is 7.87. The lowest BCUT2D eigenvalue weighted by Crippen LogP contribution is -2.41. The average Bonchev–Trinajstić information content (AvgIpc) is 3.17. The molecule has 8 nitrogen and oxygen atoms in total. The monoisotopic (exact) mass is 326 g/mol. The first-order valence-corrected chi connectivity index (χ1v) is 7.87. The minimum absolute atomic E-state index is 0.183. The van der Waals surface area contributed by atoms with Crippen LogP contribution >= 0.6 is 0 Å². The van der Waals surface area contributed by atoms with E-state index in [-0.39, 0.29) is 24.0 Å². The number of fused-ring (bicyclic) bond motifs is 1. The van der Waals surface area contributed by atoms with Crippen LogP contribution < -0.4 is 5.32 Å². The molecule has 1 aliphatic carbocycles. The summed E-state index contributed by atoms with van der Waals surface area (Å²) >= 11 is 0. The summed E-state index contributed by atoms with van der Waals surface area (Å²) in [5, 5.41) is 24.8. The fraction of sp³-hybridized carbons (Fsp3) is 0.375. The van der Waals surface area contributed by atoms with E-state index in [4.69, 9.17) is 0 Å². The van der Waals surface area contributed by atoms with E-state index in [0.29, 0.717) is 24.1 Å². The van der Waals surface area contributed by atoms with Crippen molar-refractivity contribution in [3.8, 4) is 0 Å². The number of hydrogen-bond donors (Lipinski definition) is 2. The third-order valence-electron chi connectivity index (χ3n) is 4.56. The van der Waals surface area contributed by atoms with Crippen molar-refractivity contribution in [1.29, 1.82) is 0 Å². The van der Waals surface area contributed by atoms with Crippen LogP contribution in [0.25, 0.3) is 5.65 Å². The van der Waals surface area contributed by atoms with Crippen molar-refractivity contribution >= 4 is 11.6 Å². The largest absolute Gasteiger partial charge is 0.393 e. The topological polar surface area (TPSA) is 97.3 Å². The summed E-state index contributed by atoms with van der Waals surface area (Å²) in [5.41, 5.74) is 1.94. The molecule has 3 heterocycles. The molecule has 0 bridgehead atoms. The number of hydrogen-bond acceptors (Lipinski definition) is 5. The second kappa shape index (κ2) is 5.72. The van der Waals surface area contributed by atoms with Crippen LogP contribution in [0, 0.1) is 5.92 Å². The smallest absolute Gasteiger partial charge is 0.255 e. The number of aliphatic hydroxyl groups is 1. The maximum absolute atomic E-state index is 12.8. The normalized spacial score (nSPS) is 21.4. The Bertz CT molecular complexity index is 879. The van der Waals surface area contributed by atoms with Gasteiger partial charge >= 0.3 is 0 Å². The number of nitrogens with one attached hydrogen (secondary N) is 1. The predicted molar refractivity (Wildman–Crippen MR) is 85.1 cm³/mol. The van der Waals surface area contributed by atoms with Crippen molar-refractivity contribution in [1.82, 2.24) is 29.7 Å². The fourth-order valence-electron chi connectivity index (χ4n) is 3.22. The summed E-state index contributed by atoms with van der Waals surface area (Å²) in [5.74, 6) is -0.00500. The van der Waals surface area contributed by atoms with Gasteiger partial charge in [0, 0.05) is 25.0 Å². The number of aromatic nitrogens is 5. The van der Waals surface area contributed by atoms with E-state index in [1.54, 1.807) is 39.9 Å². The molecule has 1 unspecified atom stereocenters. The molecule has 3 aromatic heterocycles. The predicted octanol–water partition coefficient (Wildman–Crippen LogP) is 0.705. The van der Waals surface area contributed by atoms with Crippen LogP contribution in [0.1, 0.15) is 34.8 Å². The Morgan fingerprint density at radius 3 is 3.00 bits per heavy atom. The highest BCUT2D eigenvalue weighted by atomic mass is 16.3. The molecule has 1 fully saturated rings. The molecule has 24 heavy (non-hydrogen) atoms. The summed E-state index contributed by atoms with van der Waals surface area (Å²) in [4.78, 5) is 12.8. The van der Waals surface area contributed by atoms with Crippen LogP contribution in [-0.2, 0) is 7.05 Å². The van der Waals surface area contributed by atoms with Crippen LogP contribution in [0.3, 0.4) is 0 Å². The Balaban J connectivity index is 1.62. The zero-order chi connectivity index (χ0) is 16.7. The Hall–Kier alpha value is -2.74. The zero-order valence-electron chi connectivity index (χ0n) is 13.2. The van der Waals surface area contributed by atoms with E-state index in [9.17, 15) is 9.90 Å². The number of amides is 1. The second-order valence-electron chi connectivity index (χ2n) is 6.27. The SMILES string of the molecule is Cn1cc(C(NC(=O)c2cccn3cnnc23)C2CC(O)C2)cn1. The molecule has 1 aliphatic rings. The molecule has 0 radical (unpaired) electrons. The molecule has 0 spiro atoms. The summed E-state index contributed by atoms with van der Waals surface area (Å²) in [6.07, 6.45) is 8.08. The molecule has 3 aromatic rings. The summed E-state index contributed by atoms with van der Waals surface area (Å²) in [6, 6.07) is 3.34. The van der Waals surface area contributed by atoms with Crippen molar-refractivity contribution < 1.29 is 9.90 Å². The van der Waals surface area contributed by atoms with E-state index in [1.165, 1.54) is 0 Å². The van der Waals surface area contributed by atoms with Crippen molar-refractivity contribution in [2.24, 2.45) is 13.0 Å². The number of carbonyl (C=O) groups is 1. The van der Waals surface area contributed by atoms with Gasteiger partial charge in [-0.05, 0) is 30.9 Å². The Labute approximate surface area is 138 Å². The van der Waals surface area contributed by atoms with Gasteiger partial charge in [-0.25, -0.2) is 0 Å². The van der Waals surface area contributed by atoms with Gasteiger partial charge in [-0.15, -0.1) is 10.2 Å². The Morgan fingerprint density at radius 1 is 1.46 bits per heavy atom. The number of carbonyl (C=O) groups excluding carboxylic acids is 1. The number of nitrogens with zero attached hydrogens (tertiary/aromatic N) is 5. The number of aryl methyl sites for hydroxylation is 1. The fourth-order valence-corrected chi connectivity index (χ4v) is 3.22. The van der Waals surface area contributed by atoms with Crippen molar-refractivity contribution in [3.05, 3.63) is 48.2 Å². The summed E-state index contributed by atoms with van der Waals surface area (Å²) in [7, 11) is 1.84. The maximum Gasteiger partial charge on any atom is 0.255 e. The number of aliphatic hydroxyl groups excluding tert-OH is 1. The van der Waals surface area contributed by atoms with Crippen molar-refractivity contribution in [2.45, 2.75) is 25.0 Å². The van der Waals surface area contributed by atoms with Gasteiger partial charge in [0.15, 0.2) is 5.65 Å². The molecule has 1 amide bonds. The molecule has 8 heteroatoms. The third-order valence-corrected chi connectivity index (χ3v) is 4.56. The molecule has 0 saturated heterocycles. The van der Waals surface area contributed by atoms with Gasteiger partial charge in [-0.1, -0.05) is 0 Å². The van der Waals surface area contributed by atoms with Gasteiger partial charge < -0.3 is 10.4 Å². The van der Waals surface area contributed by atoms with Crippen LogP contribution in [0.5, 0.6) is 0 Å². The standard InChI is InChI=1S/C16H18N6O2/c1-21-8-11(7-18-21)14(10-5-12(23)6-10)19-16(24)13-3-2-4-22-9-17-20-15(13)22/h2-4,7-10,12,14,23H,5-6H2,1H3,(H,19,24). The number of rotatable bonds is 4. The molecule has 1 atom stereocenters. The average molecular weight is 326 g/mol. The van der Waals surface area contributed by atoms with Gasteiger partial charge in [0.25, 0.3) is 5.91 Å². The van der Waals surface area contributed by atoms with Crippen molar-refractivity contribution in [3.63, 3.8) is 0 Å². The highest BCUT2D eigenvalue weighted by molar-refractivity contribution is 5.99. The first kappa shape index (κ1) is 14.8. The minimum Gasteiger partial charge on any atom is -0.393 e. The lowest BCUT2D eigenvalue weighted by molar-refractivity contribution is 0.0235. The lowest BCUT2D eigenvalue weighted by atomic mass is 9.75. The molecule has 124 valence electrons. The Kier molecular flexibility index (Phi) is 3.53.